The van der Waals surface area contributed by atoms with Gasteiger partial charge in [0.2, 0.25) is 0 Å². The summed E-state index contributed by atoms with van der Waals surface area (Å²) in [6, 6.07) is 4.69. The largest absolute Gasteiger partial charge is 0.496 e. The van der Waals surface area contributed by atoms with Crippen LogP contribution in [0.5, 0.6) is 5.75 Å². The summed E-state index contributed by atoms with van der Waals surface area (Å²) in [5.41, 5.74) is 9.80. The first-order valence-electron chi connectivity index (χ1n) is 7.26. The molecule has 1 aromatic rings. The van der Waals surface area contributed by atoms with Crippen LogP contribution in [0, 0.1) is 13.8 Å². The Morgan fingerprint density at radius 1 is 1.21 bits per heavy atom. The second-order valence-corrected chi connectivity index (χ2v) is 5.55. The van der Waals surface area contributed by atoms with E-state index in [1.54, 1.807) is 7.11 Å². The zero-order chi connectivity index (χ0) is 13.8. The Labute approximate surface area is 116 Å². The number of ether oxygens (including phenoxy) is 1. The molecule has 1 aliphatic rings. The Bertz CT molecular complexity index is 425. The summed E-state index contributed by atoms with van der Waals surface area (Å²) in [4.78, 5) is 2.51. The van der Waals surface area contributed by atoms with E-state index in [1.165, 1.54) is 36.0 Å². The monoisotopic (exact) mass is 262 g/mol. The molecule has 1 fully saturated rings. The highest BCUT2D eigenvalue weighted by Crippen LogP contribution is 2.34. The van der Waals surface area contributed by atoms with Crippen molar-refractivity contribution in [3.63, 3.8) is 0 Å². The van der Waals surface area contributed by atoms with Crippen molar-refractivity contribution in [1.29, 1.82) is 0 Å². The smallest absolute Gasteiger partial charge is 0.126 e. The van der Waals surface area contributed by atoms with Gasteiger partial charge >= 0.3 is 0 Å². The Hall–Kier alpha value is -1.06. The van der Waals surface area contributed by atoms with E-state index >= 15 is 0 Å². The quantitative estimate of drug-likeness (QED) is 0.907. The molecule has 106 valence electrons. The van der Waals surface area contributed by atoms with Crippen LogP contribution in [0.4, 0.5) is 0 Å². The van der Waals surface area contributed by atoms with Gasteiger partial charge in [-0.3, -0.25) is 4.90 Å². The third-order valence-electron chi connectivity index (χ3n) is 4.07. The molecule has 2 N–H and O–H groups in total. The second kappa shape index (κ2) is 6.40. The van der Waals surface area contributed by atoms with E-state index in [9.17, 15) is 0 Å². The molecule has 0 spiro atoms. The summed E-state index contributed by atoms with van der Waals surface area (Å²) in [5, 5.41) is 0. The molecule has 2 rings (SSSR count). The standard InChI is InChI=1S/C16H26N2O/c1-12-9-13(2)16(19-3)14(10-12)15(11-17)18-7-5-4-6-8-18/h9-10,15H,4-8,11,17H2,1-3H3. The Kier molecular flexibility index (Phi) is 4.83. The van der Waals surface area contributed by atoms with Crippen LogP contribution >= 0.6 is 0 Å². The lowest BCUT2D eigenvalue weighted by Crippen LogP contribution is -2.37. The van der Waals surface area contributed by atoms with Gasteiger partial charge in [-0.25, -0.2) is 0 Å². The van der Waals surface area contributed by atoms with Crippen LogP contribution in [-0.4, -0.2) is 31.6 Å². The molecular formula is C16H26N2O. The number of methoxy groups -OCH3 is 1. The van der Waals surface area contributed by atoms with Crippen LogP contribution in [0.2, 0.25) is 0 Å². The minimum atomic E-state index is 0.286. The molecule has 0 aliphatic carbocycles. The number of nitrogens with two attached hydrogens (primary N) is 1. The fourth-order valence-corrected chi connectivity index (χ4v) is 3.22. The number of rotatable bonds is 4. The molecule has 1 saturated heterocycles. The number of nitrogens with zero attached hydrogens (tertiary/aromatic N) is 1. The summed E-state index contributed by atoms with van der Waals surface area (Å²) in [6.07, 6.45) is 3.91. The van der Waals surface area contributed by atoms with Gasteiger partial charge in [0.1, 0.15) is 5.75 Å². The normalized spacial score (nSPS) is 18.3. The van der Waals surface area contributed by atoms with Crippen molar-refractivity contribution in [2.45, 2.75) is 39.2 Å². The minimum Gasteiger partial charge on any atom is -0.496 e. The fraction of sp³-hybridized carbons (Fsp3) is 0.625. The highest BCUT2D eigenvalue weighted by Gasteiger charge is 2.24. The number of hydrogen-bond acceptors (Lipinski definition) is 3. The number of benzene rings is 1. The third kappa shape index (κ3) is 3.10. The van der Waals surface area contributed by atoms with Gasteiger partial charge in [-0.15, -0.1) is 0 Å². The number of likely N-dealkylation sites (tertiary alicyclic amines) is 1. The van der Waals surface area contributed by atoms with Crippen molar-refractivity contribution in [1.82, 2.24) is 4.90 Å². The Balaban J connectivity index is 2.36. The van der Waals surface area contributed by atoms with Crippen molar-refractivity contribution in [2.24, 2.45) is 5.73 Å². The summed E-state index contributed by atoms with van der Waals surface area (Å²) < 4.78 is 5.62. The van der Waals surface area contributed by atoms with Crippen molar-refractivity contribution in [3.8, 4) is 5.75 Å². The lowest BCUT2D eigenvalue weighted by Gasteiger charge is -2.35. The zero-order valence-corrected chi connectivity index (χ0v) is 12.4. The van der Waals surface area contributed by atoms with Crippen LogP contribution < -0.4 is 10.5 Å². The maximum absolute atomic E-state index is 6.06. The van der Waals surface area contributed by atoms with E-state index in [0.717, 1.165) is 18.8 Å². The predicted octanol–water partition coefficient (Wildman–Crippen LogP) is 2.80. The zero-order valence-electron chi connectivity index (χ0n) is 12.4. The maximum Gasteiger partial charge on any atom is 0.126 e. The minimum absolute atomic E-state index is 0.286. The van der Waals surface area contributed by atoms with Crippen LogP contribution in [0.15, 0.2) is 12.1 Å². The molecule has 1 aliphatic heterocycles. The van der Waals surface area contributed by atoms with E-state index in [-0.39, 0.29) is 6.04 Å². The van der Waals surface area contributed by atoms with E-state index in [4.69, 9.17) is 10.5 Å². The topological polar surface area (TPSA) is 38.5 Å². The molecule has 1 atom stereocenters. The van der Waals surface area contributed by atoms with E-state index in [0.29, 0.717) is 6.54 Å². The molecule has 1 aromatic carbocycles. The molecule has 3 heteroatoms. The summed E-state index contributed by atoms with van der Waals surface area (Å²) in [7, 11) is 1.75. The lowest BCUT2D eigenvalue weighted by atomic mass is 9.96. The Morgan fingerprint density at radius 3 is 2.47 bits per heavy atom. The molecule has 0 saturated carbocycles. The number of aryl methyl sites for hydroxylation is 2. The second-order valence-electron chi connectivity index (χ2n) is 5.55. The van der Waals surface area contributed by atoms with Crippen LogP contribution in [-0.2, 0) is 0 Å². The van der Waals surface area contributed by atoms with Crippen LogP contribution in [0.1, 0.15) is 42.0 Å². The average molecular weight is 262 g/mol. The Morgan fingerprint density at radius 2 is 1.89 bits per heavy atom. The molecule has 19 heavy (non-hydrogen) atoms. The molecular weight excluding hydrogens is 236 g/mol. The first-order chi connectivity index (χ1) is 9.17. The van der Waals surface area contributed by atoms with Gasteiger partial charge in [-0.05, 0) is 45.3 Å². The third-order valence-corrected chi connectivity index (χ3v) is 4.07. The first-order valence-corrected chi connectivity index (χ1v) is 7.26. The van der Waals surface area contributed by atoms with Crippen molar-refractivity contribution in [2.75, 3.05) is 26.7 Å². The lowest BCUT2D eigenvalue weighted by molar-refractivity contribution is 0.165. The van der Waals surface area contributed by atoms with Crippen LogP contribution in [0.25, 0.3) is 0 Å². The van der Waals surface area contributed by atoms with E-state index in [1.807, 2.05) is 0 Å². The summed E-state index contributed by atoms with van der Waals surface area (Å²) in [6.45, 7) is 7.20. The first kappa shape index (κ1) is 14.4. The van der Waals surface area contributed by atoms with Gasteiger partial charge in [-0.2, -0.15) is 0 Å². The molecule has 0 amide bonds. The van der Waals surface area contributed by atoms with Gasteiger partial charge in [0.05, 0.1) is 13.2 Å². The molecule has 0 bridgehead atoms. The molecule has 1 unspecified atom stereocenters. The van der Waals surface area contributed by atoms with Gasteiger partial charge in [0.15, 0.2) is 0 Å². The summed E-state index contributed by atoms with van der Waals surface area (Å²) >= 11 is 0. The molecule has 0 radical (unpaired) electrons. The average Bonchev–Trinajstić information content (AvgIpc) is 2.40. The van der Waals surface area contributed by atoms with Crippen molar-refractivity contribution >= 4 is 0 Å². The summed E-state index contributed by atoms with van der Waals surface area (Å²) in [5.74, 6) is 1.01. The maximum atomic E-state index is 6.06. The SMILES string of the molecule is COc1c(C)cc(C)cc1C(CN)N1CCCCC1. The predicted molar refractivity (Wildman–Crippen MR) is 79.7 cm³/mol. The van der Waals surface area contributed by atoms with Crippen molar-refractivity contribution in [3.05, 3.63) is 28.8 Å². The molecule has 0 aromatic heterocycles. The fourth-order valence-electron chi connectivity index (χ4n) is 3.22. The molecule has 3 nitrogen and oxygen atoms in total. The highest BCUT2D eigenvalue weighted by molar-refractivity contribution is 5.45. The van der Waals surface area contributed by atoms with Crippen molar-refractivity contribution < 1.29 is 4.74 Å². The molecule has 1 heterocycles. The van der Waals surface area contributed by atoms with Gasteiger partial charge in [0, 0.05) is 12.1 Å². The van der Waals surface area contributed by atoms with Gasteiger partial charge < -0.3 is 10.5 Å². The number of piperidine rings is 1. The van der Waals surface area contributed by atoms with Crippen LogP contribution in [0.3, 0.4) is 0 Å². The highest BCUT2D eigenvalue weighted by atomic mass is 16.5. The number of hydrogen-bond donors (Lipinski definition) is 1. The van der Waals surface area contributed by atoms with Gasteiger partial charge in [0.25, 0.3) is 0 Å². The van der Waals surface area contributed by atoms with Gasteiger partial charge in [-0.1, -0.05) is 24.1 Å². The van der Waals surface area contributed by atoms with E-state index in [2.05, 4.69) is 30.9 Å². The van der Waals surface area contributed by atoms with E-state index < -0.39 is 0 Å².